The average Bonchev–Trinajstić information content (AvgIpc) is 3.22. The summed E-state index contributed by atoms with van der Waals surface area (Å²) in [6.07, 6.45) is 0. The fraction of sp³-hybridized carbons (Fsp3) is 0.250. The van der Waals surface area contributed by atoms with Crippen LogP contribution in [0.3, 0.4) is 0 Å². The molecule has 0 unspecified atom stereocenters. The molecule has 0 bridgehead atoms. The van der Waals surface area contributed by atoms with E-state index in [2.05, 4.69) is 15.1 Å². The second-order valence-electron chi connectivity index (χ2n) is 7.62. The summed E-state index contributed by atoms with van der Waals surface area (Å²) < 4.78 is 20.3. The number of rotatable bonds is 8. The van der Waals surface area contributed by atoms with Gasteiger partial charge in [-0.2, -0.15) is 4.98 Å². The Hall–Kier alpha value is -3.46. The van der Waals surface area contributed by atoms with E-state index in [9.17, 15) is 9.18 Å². The van der Waals surface area contributed by atoms with E-state index in [-0.39, 0.29) is 11.7 Å². The van der Waals surface area contributed by atoms with Crippen molar-refractivity contribution in [3.05, 3.63) is 82.9 Å². The highest BCUT2D eigenvalue weighted by Gasteiger charge is 2.17. The SMILES string of the molecule is Cc1cc(C)n2nc(SCc3ccccc3C(=O)N(C)CCOc3ccc(F)cc3)nc2n1. The maximum Gasteiger partial charge on any atom is 0.254 e. The Bertz CT molecular complexity index is 1280. The molecular weight excluding hydrogens is 441 g/mol. The van der Waals surface area contributed by atoms with Crippen molar-refractivity contribution in [1.82, 2.24) is 24.5 Å². The Morgan fingerprint density at radius 1 is 1.12 bits per heavy atom. The molecule has 2 heterocycles. The average molecular weight is 466 g/mol. The number of ether oxygens (including phenoxy) is 1. The van der Waals surface area contributed by atoms with Gasteiger partial charge in [-0.3, -0.25) is 4.79 Å². The summed E-state index contributed by atoms with van der Waals surface area (Å²) in [5.74, 6) is 1.28. The van der Waals surface area contributed by atoms with Gasteiger partial charge in [0.1, 0.15) is 18.2 Å². The number of aryl methyl sites for hydroxylation is 2. The van der Waals surface area contributed by atoms with Gasteiger partial charge < -0.3 is 9.64 Å². The van der Waals surface area contributed by atoms with Crippen LogP contribution >= 0.6 is 11.8 Å². The molecule has 4 rings (SSSR count). The van der Waals surface area contributed by atoms with Gasteiger partial charge in [0.05, 0.1) is 6.54 Å². The van der Waals surface area contributed by atoms with E-state index in [0.29, 0.717) is 41.2 Å². The van der Waals surface area contributed by atoms with Crippen LogP contribution in [0.1, 0.15) is 27.3 Å². The van der Waals surface area contributed by atoms with Gasteiger partial charge in [0.2, 0.25) is 5.16 Å². The molecule has 2 aromatic carbocycles. The van der Waals surface area contributed by atoms with Crippen molar-refractivity contribution in [2.45, 2.75) is 24.8 Å². The van der Waals surface area contributed by atoms with Gasteiger partial charge in [-0.15, -0.1) is 5.10 Å². The summed E-state index contributed by atoms with van der Waals surface area (Å²) in [6, 6.07) is 15.3. The lowest BCUT2D eigenvalue weighted by Crippen LogP contribution is -2.31. The Kier molecular flexibility index (Phi) is 6.88. The minimum atomic E-state index is -0.315. The molecule has 0 aliphatic rings. The molecule has 0 atom stereocenters. The lowest BCUT2D eigenvalue weighted by Gasteiger charge is -2.19. The van der Waals surface area contributed by atoms with E-state index in [0.717, 1.165) is 17.0 Å². The van der Waals surface area contributed by atoms with Gasteiger partial charge in [0.15, 0.2) is 0 Å². The predicted octanol–water partition coefficient (Wildman–Crippen LogP) is 4.32. The molecule has 170 valence electrons. The minimum absolute atomic E-state index is 0.0926. The normalized spacial score (nSPS) is 11.0. The smallest absolute Gasteiger partial charge is 0.254 e. The van der Waals surface area contributed by atoms with Gasteiger partial charge >= 0.3 is 0 Å². The van der Waals surface area contributed by atoms with Crippen LogP contribution < -0.4 is 4.74 Å². The summed E-state index contributed by atoms with van der Waals surface area (Å²) in [5, 5.41) is 5.13. The summed E-state index contributed by atoms with van der Waals surface area (Å²) in [5.41, 5.74) is 3.39. The summed E-state index contributed by atoms with van der Waals surface area (Å²) in [4.78, 5) is 23.6. The molecule has 0 fully saturated rings. The molecule has 0 N–H and O–H groups in total. The topological polar surface area (TPSA) is 72.6 Å². The molecule has 7 nitrogen and oxygen atoms in total. The van der Waals surface area contributed by atoms with Crippen molar-refractivity contribution >= 4 is 23.4 Å². The molecule has 1 amide bonds. The monoisotopic (exact) mass is 465 g/mol. The lowest BCUT2D eigenvalue weighted by molar-refractivity contribution is 0.0773. The quantitative estimate of drug-likeness (QED) is 0.361. The molecule has 0 radical (unpaired) electrons. The molecule has 0 aliphatic carbocycles. The number of halogens is 1. The van der Waals surface area contributed by atoms with Gasteiger partial charge in [-0.1, -0.05) is 30.0 Å². The first-order valence-corrected chi connectivity index (χ1v) is 11.4. The molecule has 33 heavy (non-hydrogen) atoms. The zero-order valence-electron chi connectivity index (χ0n) is 18.7. The van der Waals surface area contributed by atoms with Crippen molar-refractivity contribution in [3.8, 4) is 5.75 Å². The molecule has 4 aromatic rings. The van der Waals surface area contributed by atoms with Gasteiger partial charge in [-0.05, 0) is 55.8 Å². The number of benzene rings is 2. The van der Waals surface area contributed by atoms with Gasteiger partial charge in [0.25, 0.3) is 11.7 Å². The first-order valence-electron chi connectivity index (χ1n) is 10.5. The van der Waals surface area contributed by atoms with Crippen molar-refractivity contribution in [1.29, 1.82) is 0 Å². The third-order valence-corrected chi connectivity index (χ3v) is 5.95. The number of nitrogens with zero attached hydrogens (tertiary/aromatic N) is 5. The second-order valence-corrected chi connectivity index (χ2v) is 8.56. The van der Waals surface area contributed by atoms with Crippen molar-refractivity contribution in [2.24, 2.45) is 0 Å². The summed E-state index contributed by atoms with van der Waals surface area (Å²) in [6.45, 7) is 4.60. The maximum absolute atomic E-state index is 13.1. The fourth-order valence-corrected chi connectivity index (χ4v) is 4.17. The molecule has 0 saturated carbocycles. The number of thioether (sulfide) groups is 1. The number of amides is 1. The Balaban J connectivity index is 1.39. The molecule has 9 heteroatoms. The third kappa shape index (κ3) is 5.48. The van der Waals surface area contributed by atoms with Gasteiger partial charge in [-0.25, -0.2) is 13.9 Å². The maximum atomic E-state index is 13.1. The van der Waals surface area contributed by atoms with Gasteiger partial charge in [0, 0.05) is 29.8 Å². The van der Waals surface area contributed by atoms with E-state index >= 15 is 0 Å². The van der Waals surface area contributed by atoms with Crippen LogP contribution in [-0.4, -0.2) is 50.6 Å². The highest BCUT2D eigenvalue weighted by atomic mass is 32.2. The first kappa shape index (κ1) is 22.7. The Morgan fingerprint density at radius 3 is 2.67 bits per heavy atom. The van der Waals surface area contributed by atoms with Crippen molar-refractivity contribution in [2.75, 3.05) is 20.2 Å². The zero-order chi connectivity index (χ0) is 23.4. The number of fused-ring (bicyclic) bond motifs is 1. The lowest BCUT2D eigenvalue weighted by atomic mass is 10.1. The van der Waals surface area contributed by atoms with E-state index in [1.54, 1.807) is 28.6 Å². The number of aromatic nitrogens is 4. The molecule has 2 aromatic heterocycles. The van der Waals surface area contributed by atoms with E-state index in [1.807, 2.05) is 44.2 Å². The van der Waals surface area contributed by atoms with E-state index < -0.39 is 0 Å². The van der Waals surface area contributed by atoms with Crippen LogP contribution in [0, 0.1) is 19.7 Å². The summed E-state index contributed by atoms with van der Waals surface area (Å²) >= 11 is 1.46. The van der Waals surface area contributed by atoms with E-state index in [1.165, 1.54) is 23.9 Å². The Labute approximate surface area is 195 Å². The van der Waals surface area contributed by atoms with Crippen LogP contribution in [0.25, 0.3) is 5.78 Å². The summed E-state index contributed by atoms with van der Waals surface area (Å²) in [7, 11) is 1.74. The van der Waals surface area contributed by atoms with Crippen molar-refractivity contribution in [3.63, 3.8) is 0 Å². The standard InChI is InChI=1S/C24H24FN5O2S/c1-16-14-17(2)30-23(26-16)27-24(28-30)33-15-18-6-4-5-7-21(18)22(31)29(3)12-13-32-20-10-8-19(25)9-11-20/h4-11,14H,12-13,15H2,1-3H3. The number of carbonyl (C=O) groups excluding carboxylic acids is 1. The molecule has 0 aliphatic heterocycles. The number of carbonyl (C=O) groups is 1. The Morgan fingerprint density at radius 2 is 1.88 bits per heavy atom. The number of hydrogen-bond donors (Lipinski definition) is 0. The van der Waals surface area contributed by atoms with Crippen LogP contribution in [0.5, 0.6) is 5.75 Å². The zero-order valence-corrected chi connectivity index (χ0v) is 19.5. The van der Waals surface area contributed by atoms with E-state index in [4.69, 9.17) is 4.74 Å². The van der Waals surface area contributed by atoms with Crippen molar-refractivity contribution < 1.29 is 13.9 Å². The minimum Gasteiger partial charge on any atom is -0.492 e. The predicted molar refractivity (Wildman–Crippen MR) is 125 cm³/mol. The number of hydrogen-bond acceptors (Lipinski definition) is 6. The first-order chi connectivity index (χ1) is 15.9. The van der Waals surface area contributed by atoms with Crippen LogP contribution in [-0.2, 0) is 5.75 Å². The van der Waals surface area contributed by atoms with Crippen LogP contribution in [0.2, 0.25) is 0 Å². The highest BCUT2D eigenvalue weighted by molar-refractivity contribution is 7.98. The number of likely N-dealkylation sites (N-methyl/N-ethyl adjacent to an activating group) is 1. The van der Waals surface area contributed by atoms with Crippen LogP contribution in [0.4, 0.5) is 4.39 Å². The largest absolute Gasteiger partial charge is 0.492 e. The molecule has 0 saturated heterocycles. The highest BCUT2D eigenvalue weighted by Crippen LogP contribution is 2.23. The van der Waals surface area contributed by atoms with Crippen LogP contribution in [0.15, 0.2) is 59.8 Å². The fourth-order valence-electron chi connectivity index (χ4n) is 3.34. The molecular formula is C24H24FN5O2S. The second kappa shape index (κ2) is 9.99. The third-order valence-electron chi connectivity index (χ3n) is 5.06. The molecule has 0 spiro atoms.